The Morgan fingerprint density at radius 1 is 1.18 bits per heavy atom. The number of aryl methyl sites for hydroxylation is 1. The van der Waals surface area contributed by atoms with Gasteiger partial charge in [0.1, 0.15) is 0 Å². The summed E-state index contributed by atoms with van der Waals surface area (Å²) in [5.74, 6) is 1.51. The molecule has 1 aromatic rings. The Hall–Kier alpha value is -0.930. The molecular weight excluding hydrogens is 238 g/mol. The Labute approximate surface area is 108 Å². The fourth-order valence-corrected chi connectivity index (χ4v) is 2.08. The van der Waals surface area contributed by atoms with Gasteiger partial charge in [0.2, 0.25) is 0 Å². The number of hydrogen-bond acceptors (Lipinski definition) is 3. The molecular formula is C13H20ClNO2. The van der Waals surface area contributed by atoms with Gasteiger partial charge in [0, 0.05) is 10.6 Å². The van der Waals surface area contributed by atoms with Gasteiger partial charge in [-0.3, -0.25) is 0 Å². The van der Waals surface area contributed by atoms with Crippen LogP contribution in [0.4, 0.5) is 0 Å². The largest absolute Gasteiger partial charge is 0.493 e. The monoisotopic (exact) mass is 257 g/mol. The van der Waals surface area contributed by atoms with Crippen molar-refractivity contribution >= 4 is 11.6 Å². The summed E-state index contributed by atoms with van der Waals surface area (Å²) in [6.45, 7) is 2.63. The molecule has 0 spiro atoms. The molecule has 17 heavy (non-hydrogen) atoms. The van der Waals surface area contributed by atoms with Gasteiger partial charge in [-0.1, -0.05) is 11.6 Å². The summed E-state index contributed by atoms with van der Waals surface area (Å²) in [4.78, 5) is 0. The molecule has 0 heterocycles. The topological polar surface area (TPSA) is 44.5 Å². The van der Waals surface area contributed by atoms with Gasteiger partial charge in [0.15, 0.2) is 11.5 Å². The van der Waals surface area contributed by atoms with Crippen LogP contribution in [0.1, 0.15) is 24.0 Å². The molecule has 0 bridgehead atoms. The van der Waals surface area contributed by atoms with Crippen LogP contribution in [0.15, 0.2) is 6.07 Å². The third-order valence-electron chi connectivity index (χ3n) is 2.81. The van der Waals surface area contributed by atoms with Crippen molar-refractivity contribution in [3.05, 3.63) is 22.2 Å². The van der Waals surface area contributed by atoms with Crippen LogP contribution in [-0.4, -0.2) is 20.8 Å². The van der Waals surface area contributed by atoms with Crippen LogP contribution in [0.2, 0.25) is 5.02 Å². The third-order valence-corrected chi connectivity index (χ3v) is 3.20. The Balaban J connectivity index is 3.06. The van der Waals surface area contributed by atoms with Crippen molar-refractivity contribution < 1.29 is 9.47 Å². The maximum atomic E-state index is 6.18. The Kier molecular flexibility index (Phi) is 5.59. The molecule has 0 amide bonds. The van der Waals surface area contributed by atoms with Gasteiger partial charge in [-0.2, -0.15) is 0 Å². The summed E-state index contributed by atoms with van der Waals surface area (Å²) in [6.07, 6.45) is 2.92. The molecule has 2 N–H and O–H groups in total. The van der Waals surface area contributed by atoms with E-state index >= 15 is 0 Å². The summed E-state index contributed by atoms with van der Waals surface area (Å²) in [5, 5.41) is 0.713. The minimum atomic E-state index is 0.707. The number of rotatable bonds is 6. The van der Waals surface area contributed by atoms with E-state index in [9.17, 15) is 0 Å². The number of methoxy groups -OCH3 is 2. The number of unbranched alkanes of at least 4 members (excludes halogenated alkanes) is 1. The molecule has 96 valence electrons. The molecule has 0 atom stereocenters. The van der Waals surface area contributed by atoms with Gasteiger partial charge in [0.25, 0.3) is 0 Å². The first-order chi connectivity index (χ1) is 8.15. The van der Waals surface area contributed by atoms with Gasteiger partial charge in [-0.05, 0) is 44.4 Å². The summed E-state index contributed by atoms with van der Waals surface area (Å²) >= 11 is 6.18. The molecule has 0 unspecified atom stereocenters. The molecule has 4 heteroatoms. The normalized spacial score (nSPS) is 10.4. The highest BCUT2D eigenvalue weighted by Gasteiger charge is 2.15. The van der Waals surface area contributed by atoms with Crippen molar-refractivity contribution in [1.82, 2.24) is 0 Å². The molecule has 0 aliphatic rings. The van der Waals surface area contributed by atoms with Gasteiger partial charge in [-0.15, -0.1) is 0 Å². The van der Waals surface area contributed by atoms with E-state index in [4.69, 9.17) is 26.8 Å². The first-order valence-electron chi connectivity index (χ1n) is 5.75. The van der Waals surface area contributed by atoms with Gasteiger partial charge in [-0.25, -0.2) is 0 Å². The fourth-order valence-electron chi connectivity index (χ4n) is 1.87. The second kappa shape index (κ2) is 6.72. The Morgan fingerprint density at radius 2 is 1.82 bits per heavy atom. The lowest BCUT2D eigenvalue weighted by atomic mass is 10.0. The Bertz CT molecular complexity index is 380. The number of hydrogen-bond donors (Lipinski definition) is 1. The number of halogens is 1. The lowest BCUT2D eigenvalue weighted by Crippen LogP contribution is -2.02. The second-order valence-corrected chi connectivity index (χ2v) is 4.36. The van der Waals surface area contributed by atoms with E-state index in [1.807, 2.05) is 13.0 Å². The SMILES string of the molecule is COc1c(CCCCN)cc(Cl)c(C)c1OC. The second-order valence-electron chi connectivity index (χ2n) is 3.95. The molecule has 0 aliphatic carbocycles. The average Bonchev–Trinajstić information content (AvgIpc) is 2.33. The van der Waals surface area contributed by atoms with E-state index in [0.717, 1.165) is 41.9 Å². The minimum absolute atomic E-state index is 0.707. The molecule has 1 aromatic carbocycles. The first kappa shape index (κ1) is 14.1. The molecule has 0 fully saturated rings. The quantitative estimate of drug-likeness (QED) is 0.797. The van der Waals surface area contributed by atoms with Crippen molar-refractivity contribution in [1.29, 1.82) is 0 Å². The molecule has 0 aliphatic heterocycles. The van der Waals surface area contributed by atoms with Crippen molar-refractivity contribution in [2.75, 3.05) is 20.8 Å². The molecule has 3 nitrogen and oxygen atoms in total. The summed E-state index contributed by atoms with van der Waals surface area (Å²) in [7, 11) is 3.28. The summed E-state index contributed by atoms with van der Waals surface area (Å²) in [5.41, 5.74) is 7.48. The minimum Gasteiger partial charge on any atom is -0.493 e. The maximum absolute atomic E-state index is 6.18. The van der Waals surface area contributed by atoms with Gasteiger partial charge < -0.3 is 15.2 Å². The van der Waals surface area contributed by atoms with Crippen molar-refractivity contribution in [2.24, 2.45) is 5.73 Å². The van der Waals surface area contributed by atoms with Crippen molar-refractivity contribution in [2.45, 2.75) is 26.2 Å². The van der Waals surface area contributed by atoms with Crippen LogP contribution in [0, 0.1) is 6.92 Å². The lowest BCUT2D eigenvalue weighted by molar-refractivity contribution is 0.349. The standard InChI is InChI=1S/C13H20ClNO2/c1-9-11(14)8-10(6-4-5-7-15)13(17-3)12(9)16-2/h8H,4-7,15H2,1-3H3. The zero-order chi connectivity index (χ0) is 12.8. The van der Waals surface area contributed by atoms with E-state index < -0.39 is 0 Å². The fraction of sp³-hybridized carbons (Fsp3) is 0.538. The van der Waals surface area contributed by atoms with Crippen molar-refractivity contribution in [3.63, 3.8) is 0 Å². The zero-order valence-corrected chi connectivity index (χ0v) is 11.4. The molecule has 0 saturated carbocycles. The van der Waals surface area contributed by atoms with E-state index in [1.54, 1.807) is 14.2 Å². The van der Waals surface area contributed by atoms with Crippen LogP contribution in [0.3, 0.4) is 0 Å². The molecule has 0 aromatic heterocycles. The highest BCUT2D eigenvalue weighted by atomic mass is 35.5. The summed E-state index contributed by atoms with van der Waals surface area (Å²) < 4.78 is 10.8. The predicted molar refractivity (Wildman–Crippen MR) is 71.3 cm³/mol. The van der Waals surface area contributed by atoms with Crippen LogP contribution in [0.25, 0.3) is 0 Å². The zero-order valence-electron chi connectivity index (χ0n) is 10.7. The summed E-state index contributed by atoms with van der Waals surface area (Å²) in [6, 6.07) is 1.95. The van der Waals surface area contributed by atoms with E-state index in [1.165, 1.54) is 0 Å². The van der Waals surface area contributed by atoms with Crippen LogP contribution < -0.4 is 15.2 Å². The average molecular weight is 258 g/mol. The number of nitrogens with two attached hydrogens (primary N) is 1. The van der Waals surface area contributed by atoms with Crippen LogP contribution >= 0.6 is 11.6 Å². The van der Waals surface area contributed by atoms with Gasteiger partial charge in [0.05, 0.1) is 14.2 Å². The van der Waals surface area contributed by atoms with Crippen molar-refractivity contribution in [3.8, 4) is 11.5 Å². The van der Waals surface area contributed by atoms with Crippen LogP contribution in [-0.2, 0) is 6.42 Å². The van der Waals surface area contributed by atoms with E-state index in [-0.39, 0.29) is 0 Å². The highest BCUT2D eigenvalue weighted by Crippen LogP contribution is 2.39. The number of benzene rings is 1. The van der Waals surface area contributed by atoms with Crippen LogP contribution in [0.5, 0.6) is 11.5 Å². The molecule has 0 saturated heterocycles. The Morgan fingerprint density at radius 3 is 2.35 bits per heavy atom. The predicted octanol–water partition coefficient (Wildman–Crippen LogP) is 2.95. The van der Waals surface area contributed by atoms with E-state index in [2.05, 4.69) is 0 Å². The maximum Gasteiger partial charge on any atom is 0.165 e. The molecule has 0 radical (unpaired) electrons. The first-order valence-corrected chi connectivity index (χ1v) is 6.13. The lowest BCUT2D eigenvalue weighted by Gasteiger charge is -2.16. The van der Waals surface area contributed by atoms with E-state index in [0.29, 0.717) is 11.6 Å². The molecule has 1 rings (SSSR count). The highest BCUT2D eigenvalue weighted by molar-refractivity contribution is 6.31. The smallest absolute Gasteiger partial charge is 0.165 e. The van der Waals surface area contributed by atoms with Gasteiger partial charge >= 0.3 is 0 Å². The number of ether oxygens (including phenoxy) is 2. The third kappa shape index (κ3) is 3.27.